The van der Waals surface area contributed by atoms with E-state index in [0.717, 1.165) is 13.1 Å². The maximum Gasteiger partial charge on any atom is 0.246 e. The highest BCUT2D eigenvalue weighted by molar-refractivity contribution is 7.89. The van der Waals surface area contributed by atoms with Crippen molar-refractivity contribution < 1.29 is 12.8 Å². The van der Waals surface area contributed by atoms with Gasteiger partial charge in [-0.3, -0.25) is 4.90 Å². The number of nitrogens with zero attached hydrogens (tertiary/aromatic N) is 2. The molecule has 2 aliphatic heterocycles. The quantitative estimate of drug-likeness (QED) is 0.860. The monoisotopic (exact) mass is 299 g/mol. The molecule has 2 fully saturated rings. The van der Waals surface area contributed by atoms with Crippen molar-refractivity contribution in [3.8, 4) is 0 Å². The summed E-state index contributed by atoms with van der Waals surface area (Å²) < 4.78 is 39.9. The third-order valence-electron chi connectivity index (χ3n) is 4.00. The lowest BCUT2D eigenvalue weighted by atomic mass is 10.1. The number of benzene rings is 1. The lowest BCUT2D eigenvalue weighted by Crippen LogP contribution is -2.62. The van der Waals surface area contributed by atoms with E-state index in [-0.39, 0.29) is 4.90 Å². The van der Waals surface area contributed by atoms with Gasteiger partial charge in [-0.05, 0) is 12.1 Å². The SMILES string of the molecule is O=S(=O)(c1ccccc1F)N1CCN(C2CNC2)CC1. The van der Waals surface area contributed by atoms with E-state index in [9.17, 15) is 12.8 Å². The van der Waals surface area contributed by atoms with Crippen molar-refractivity contribution in [3.63, 3.8) is 0 Å². The van der Waals surface area contributed by atoms with Gasteiger partial charge in [0.1, 0.15) is 10.7 Å². The Balaban J connectivity index is 1.72. The van der Waals surface area contributed by atoms with Gasteiger partial charge in [-0.15, -0.1) is 0 Å². The normalized spacial score (nSPS) is 22.6. The maximum absolute atomic E-state index is 13.7. The first-order chi connectivity index (χ1) is 9.59. The molecule has 0 amide bonds. The molecule has 0 aliphatic carbocycles. The summed E-state index contributed by atoms with van der Waals surface area (Å²) in [6.07, 6.45) is 0. The molecule has 110 valence electrons. The summed E-state index contributed by atoms with van der Waals surface area (Å²) in [7, 11) is -3.71. The third-order valence-corrected chi connectivity index (χ3v) is 5.94. The second-order valence-corrected chi connectivity index (χ2v) is 7.09. The second kappa shape index (κ2) is 5.40. The molecule has 2 heterocycles. The molecule has 0 bridgehead atoms. The average molecular weight is 299 g/mol. The predicted octanol–water partition coefficient (Wildman–Crippen LogP) is 0.104. The van der Waals surface area contributed by atoms with Crippen LogP contribution in [0.25, 0.3) is 0 Å². The Bertz CT molecular complexity index is 581. The Morgan fingerprint density at radius 2 is 1.75 bits per heavy atom. The number of hydrogen-bond acceptors (Lipinski definition) is 4. The first-order valence-corrected chi connectivity index (χ1v) is 8.22. The molecule has 0 aromatic heterocycles. The molecule has 20 heavy (non-hydrogen) atoms. The number of hydrogen-bond donors (Lipinski definition) is 1. The molecular formula is C13H18FN3O2S. The zero-order chi connectivity index (χ0) is 14.2. The number of nitrogens with one attached hydrogen (secondary N) is 1. The van der Waals surface area contributed by atoms with Crippen LogP contribution < -0.4 is 5.32 Å². The molecule has 0 saturated carbocycles. The van der Waals surface area contributed by atoms with Gasteiger partial charge >= 0.3 is 0 Å². The van der Waals surface area contributed by atoms with Gasteiger partial charge in [-0.1, -0.05) is 12.1 Å². The van der Waals surface area contributed by atoms with Crippen LogP contribution in [-0.4, -0.2) is 62.9 Å². The van der Waals surface area contributed by atoms with Crippen LogP contribution in [0.5, 0.6) is 0 Å². The van der Waals surface area contributed by atoms with Gasteiger partial charge in [0.05, 0.1) is 0 Å². The molecule has 1 N–H and O–H groups in total. The summed E-state index contributed by atoms with van der Waals surface area (Å²) in [6, 6.07) is 6.08. The van der Waals surface area contributed by atoms with Gasteiger partial charge in [-0.2, -0.15) is 4.31 Å². The van der Waals surface area contributed by atoms with E-state index in [1.807, 2.05) is 0 Å². The van der Waals surface area contributed by atoms with Crippen molar-refractivity contribution >= 4 is 10.0 Å². The van der Waals surface area contributed by atoms with E-state index in [2.05, 4.69) is 10.2 Å². The van der Waals surface area contributed by atoms with Crippen molar-refractivity contribution in [2.24, 2.45) is 0 Å². The van der Waals surface area contributed by atoms with E-state index in [4.69, 9.17) is 0 Å². The van der Waals surface area contributed by atoms with E-state index in [1.165, 1.54) is 22.5 Å². The first kappa shape index (κ1) is 13.9. The van der Waals surface area contributed by atoms with Crippen molar-refractivity contribution in [3.05, 3.63) is 30.1 Å². The van der Waals surface area contributed by atoms with Crippen molar-refractivity contribution in [2.75, 3.05) is 39.3 Å². The van der Waals surface area contributed by atoms with Crippen LogP contribution in [0, 0.1) is 5.82 Å². The van der Waals surface area contributed by atoms with Gasteiger partial charge in [0.2, 0.25) is 10.0 Å². The maximum atomic E-state index is 13.7. The predicted molar refractivity (Wildman–Crippen MR) is 73.4 cm³/mol. The zero-order valence-electron chi connectivity index (χ0n) is 11.1. The van der Waals surface area contributed by atoms with Crippen LogP contribution in [0.15, 0.2) is 29.2 Å². The van der Waals surface area contributed by atoms with E-state index in [1.54, 1.807) is 6.07 Å². The minimum absolute atomic E-state index is 0.223. The summed E-state index contributed by atoms with van der Waals surface area (Å²) in [5, 5.41) is 3.21. The van der Waals surface area contributed by atoms with Crippen molar-refractivity contribution in [1.82, 2.24) is 14.5 Å². The van der Waals surface area contributed by atoms with Gasteiger partial charge in [-0.25, -0.2) is 12.8 Å². The molecule has 0 radical (unpaired) electrons. The Labute approximate surface area is 118 Å². The molecule has 5 nitrogen and oxygen atoms in total. The van der Waals surface area contributed by atoms with Crippen molar-refractivity contribution in [2.45, 2.75) is 10.9 Å². The summed E-state index contributed by atoms with van der Waals surface area (Å²) in [4.78, 5) is 2.07. The van der Waals surface area contributed by atoms with Crippen molar-refractivity contribution in [1.29, 1.82) is 0 Å². The van der Waals surface area contributed by atoms with Gasteiger partial charge in [0.15, 0.2) is 0 Å². The zero-order valence-corrected chi connectivity index (χ0v) is 11.9. The smallest absolute Gasteiger partial charge is 0.246 e. The Kier molecular flexibility index (Phi) is 3.76. The second-order valence-electron chi connectivity index (χ2n) is 5.18. The summed E-state index contributed by atoms with van der Waals surface area (Å²) >= 11 is 0. The number of rotatable bonds is 3. The molecule has 0 unspecified atom stereocenters. The van der Waals surface area contributed by atoms with Crippen LogP contribution in [0.1, 0.15) is 0 Å². The van der Waals surface area contributed by atoms with Crippen LogP contribution >= 0.6 is 0 Å². The largest absolute Gasteiger partial charge is 0.314 e. The molecule has 7 heteroatoms. The molecule has 0 spiro atoms. The molecule has 2 saturated heterocycles. The minimum atomic E-state index is -3.71. The highest BCUT2D eigenvalue weighted by atomic mass is 32.2. The lowest BCUT2D eigenvalue weighted by Gasteiger charge is -2.42. The summed E-state index contributed by atoms with van der Waals surface area (Å²) in [5.41, 5.74) is 0. The fourth-order valence-electron chi connectivity index (χ4n) is 2.63. The van der Waals surface area contributed by atoms with Crippen LogP contribution in [0.2, 0.25) is 0 Å². The molecule has 0 atom stereocenters. The topological polar surface area (TPSA) is 52.7 Å². The van der Waals surface area contributed by atoms with Gasteiger partial charge in [0, 0.05) is 45.3 Å². The molecule has 2 aliphatic rings. The van der Waals surface area contributed by atoms with E-state index < -0.39 is 15.8 Å². The fraction of sp³-hybridized carbons (Fsp3) is 0.538. The number of sulfonamides is 1. The summed E-state index contributed by atoms with van der Waals surface area (Å²) in [6.45, 7) is 4.21. The number of halogens is 1. The van der Waals surface area contributed by atoms with Gasteiger partial charge in [0.25, 0.3) is 0 Å². The molecular weight excluding hydrogens is 281 g/mol. The molecule has 1 aromatic carbocycles. The van der Waals surface area contributed by atoms with Crippen LogP contribution in [0.3, 0.4) is 0 Å². The summed E-state index contributed by atoms with van der Waals surface area (Å²) in [5.74, 6) is -0.682. The standard InChI is InChI=1S/C13H18FN3O2S/c14-12-3-1-2-4-13(12)20(18,19)17-7-5-16(6-8-17)11-9-15-10-11/h1-4,11,15H,5-10H2. The Morgan fingerprint density at radius 1 is 1.10 bits per heavy atom. The van der Waals surface area contributed by atoms with Gasteiger partial charge < -0.3 is 5.32 Å². The Morgan fingerprint density at radius 3 is 2.30 bits per heavy atom. The van der Waals surface area contributed by atoms with Crippen LogP contribution in [-0.2, 0) is 10.0 Å². The Hall–Kier alpha value is -1.02. The molecule has 3 rings (SSSR count). The van der Waals surface area contributed by atoms with E-state index >= 15 is 0 Å². The van der Waals surface area contributed by atoms with Crippen LogP contribution in [0.4, 0.5) is 4.39 Å². The third kappa shape index (κ3) is 2.46. The minimum Gasteiger partial charge on any atom is -0.314 e. The fourth-order valence-corrected chi connectivity index (χ4v) is 4.12. The molecule has 1 aromatic rings. The van der Waals surface area contributed by atoms with E-state index in [0.29, 0.717) is 32.2 Å². The highest BCUT2D eigenvalue weighted by Gasteiger charge is 2.33. The number of piperazine rings is 1. The first-order valence-electron chi connectivity index (χ1n) is 6.78. The lowest BCUT2D eigenvalue weighted by molar-refractivity contribution is 0.103. The average Bonchev–Trinajstić information content (AvgIpc) is 2.38. The highest BCUT2D eigenvalue weighted by Crippen LogP contribution is 2.21.